The van der Waals surface area contributed by atoms with Crippen LogP contribution in [0.1, 0.15) is 55.8 Å². The molecule has 0 aliphatic rings. The highest BCUT2D eigenvalue weighted by Crippen LogP contribution is 2.29. The van der Waals surface area contributed by atoms with Gasteiger partial charge in [0.25, 0.3) is 0 Å². The van der Waals surface area contributed by atoms with E-state index in [9.17, 15) is 0 Å². The van der Waals surface area contributed by atoms with Gasteiger partial charge in [0, 0.05) is 5.56 Å². The van der Waals surface area contributed by atoms with Crippen LogP contribution < -0.4 is 5.32 Å². The van der Waals surface area contributed by atoms with E-state index in [1.807, 2.05) is 6.07 Å². The first-order valence-corrected chi connectivity index (χ1v) is 8.60. The topological polar surface area (TPSA) is 25.2 Å². The summed E-state index contributed by atoms with van der Waals surface area (Å²) in [5, 5.41) is 3.60. The maximum absolute atomic E-state index is 5.40. The first-order valence-electron chi connectivity index (χ1n) is 7.81. The number of benzene rings is 1. The smallest absolute Gasteiger partial charge is 0.174 e. The molecule has 1 aromatic carbocycles. The van der Waals surface area contributed by atoms with Crippen molar-refractivity contribution in [3.05, 3.63) is 58.0 Å². The summed E-state index contributed by atoms with van der Waals surface area (Å²) in [4.78, 5) is 0. The lowest BCUT2D eigenvalue weighted by Gasteiger charge is -2.18. The van der Waals surface area contributed by atoms with E-state index in [4.69, 9.17) is 4.42 Å². The second-order valence-corrected chi connectivity index (χ2v) is 6.10. The van der Waals surface area contributed by atoms with Crippen LogP contribution in [0.25, 0.3) is 0 Å². The SMILES string of the molecule is CCCCc1ccc(C(NCCC)c2ccoc2Br)cc1. The Morgan fingerprint density at radius 3 is 2.43 bits per heavy atom. The van der Waals surface area contributed by atoms with Crippen LogP contribution in [0.5, 0.6) is 0 Å². The lowest BCUT2D eigenvalue weighted by atomic mass is 9.98. The zero-order valence-corrected chi connectivity index (χ0v) is 14.4. The Bertz CT molecular complexity index is 532. The zero-order valence-electron chi connectivity index (χ0n) is 12.9. The Balaban J connectivity index is 2.18. The van der Waals surface area contributed by atoms with Crippen molar-refractivity contribution in [2.24, 2.45) is 0 Å². The standard InChI is InChI=1S/C18H24BrNO/c1-3-5-6-14-7-9-15(10-8-14)17(20-12-4-2)16-11-13-21-18(16)19/h7-11,13,17,20H,3-6,12H2,1-2H3. The second kappa shape index (κ2) is 8.40. The van der Waals surface area contributed by atoms with E-state index >= 15 is 0 Å². The Morgan fingerprint density at radius 1 is 1.10 bits per heavy atom. The van der Waals surface area contributed by atoms with Crippen LogP contribution in [-0.2, 0) is 6.42 Å². The number of nitrogens with one attached hydrogen (secondary N) is 1. The van der Waals surface area contributed by atoms with Gasteiger partial charge in [0.15, 0.2) is 4.67 Å². The fourth-order valence-corrected chi connectivity index (χ4v) is 2.93. The minimum Gasteiger partial charge on any atom is -0.457 e. The van der Waals surface area contributed by atoms with Crippen LogP contribution >= 0.6 is 15.9 Å². The quantitative estimate of drug-likeness (QED) is 0.683. The average molecular weight is 350 g/mol. The largest absolute Gasteiger partial charge is 0.457 e. The Labute approximate surface area is 136 Å². The molecule has 0 saturated heterocycles. The summed E-state index contributed by atoms with van der Waals surface area (Å²) in [5.74, 6) is 0. The van der Waals surface area contributed by atoms with E-state index in [1.54, 1.807) is 6.26 Å². The lowest BCUT2D eigenvalue weighted by Crippen LogP contribution is -2.23. The Kier molecular flexibility index (Phi) is 6.52. The number of hydrogen-bond acceptors (Lipinski definition) is 2. The average Bonchev–Trinajstić information content (AvgIpc) is 2.93. The highest BCUT2D eigenvalue weighted by Gasteiger charge is 2.18. The van der Waals surface area contributed by atoms with Crippen molar-refractivity contribution in [2.45, 2.75) is 45.6 Å². The summed E-state index contributed by atoms with van der Waals surface area (Å²) in [6, 6.07) is 11.2. The van der Waals surface area contributed by atoms with E-state index in [-0.39, 0.29) is 6.04 Å². The second-order valence-electron chi connectivity index (χ2n) is 5.38. The van der Waals surface area contributed by atoms with E-state index in [0.717, 1.165) is 23.2 Å². The van der Waals surface area contributed by atoms with Crippen LogP contribution in [0.3, 0.4) is 0 Å². The molecule has 0 fully saturated rings. The third-order valence-electron chi connectivity index (χ3n) is 3.69. The number of rotatable bonds is 8. The summed E-state index contributed by atoms with van der Waals surface area (Å²) in [6.07, 6.45) is 6.50. The highest BCUT2D eigenvalue weighted by molar-refractivity contribution is 9.10. The molecule has 0 radical (unpaired) electrons. The van der Waals surface area contributed by atoms with E-state index in [0.29, 0.717) is 0 Å². The van der Waals surface area contributed by atoms with Crippen LogP contribution in [0.4, 0.5) is 0 Å². The van der Waals surface area contributed by atoms with Crippen molar-refractivity contribution >= 4 is 15.9 Å². The van der Waals surface area contributed by atoms with Crippen molar-refractivity contribution in [1.82, 2.24) is 5.32 Å². The highest BCUT2D eigenvalue weighted by atomic mass is 79.9. The molecule has 0 aliphatic carbocycles. The van der Waals surface area contributed by atoms with Gasteiger partial charge in [-0.3, -0.25) is 0 Å². The predicted molar refractivity (Wildman–Crippen MR) is 91.6 cm³/mol. The van der Waals surface area contributed by atoms with Gasteiger partial charge in [-0.05, 0) is 58.9 Å². The third kappa shape index (κ3) is 4.45. The number of hydrogen-bond donors (Lipinski definition) is 1. The van der Waals surface area contributed by atoms with Gasteiger partial charge < -0.3 is 9.73 Å². The molecule has 21 heavy (non-hydrogen) atoms. The van der Waals surface area contributed by atoms with Gasteiger partial charge in [-0.2, -0.15) is 0 Å². The van der Waals surface area contributed by atoms with Crippen LogP contribution in [0.2, 0.25) is 0 Å². The van der Waals surface area contributed by atoms with Crippen LogP contribution in [0.15, 0.2) is 45.7 Å². The predicted octanol–water partition coefficient (Wildman–Crippen LogP) is 5.47. The molecule has 1 aromatic heterocycles. The van der Waals surface area contributed by atoms with Gasteiger partial charge >= 0.3 is 0 Å². The van der Waals surface area contributed by atoms with E-state index in [2.05, 4.69) is 59.4 Å². The third-order valence-corrected chi connectivity index (χ3v) is 4.33. The molecule has 1 unspecified atom stereocenters. The summed E-state index contributed by atoms with van der Waals surface area (Å²) < 4.78 is 6.21. The molecule has 1 N–H and O–H groups in total. The van der Waals surface area contributed by atoms with Crippen molar-refractivity contribution in [2.75, 3.05) is 6.54 Å². The fourth-order valence-electron chi connectivity index (χ4n) is 2.46. The van der Waals surface area contributed by atoms with Crippen molar-refractivity contribution in [3.63, 3.8) is 0 Å². The molecule has 1 heterocycles. The summed E-state index contributed by atoms with van der Waals surface area (Å²) in [5.41, 5.74) is 3.86. The molecule has 2 aromatic rings. The van der Waals surface area contributed by atoms with Gasteiger partial charge in [0.05, 0.1) is 12.3 Å². The minimum absolute atomic E-state index is 0.179. The molecule has 2 rings (SSSR count). The van der Waals surface area contributed by atoms with E-state index in [1.165, 1.54) is 30.4 Å². The van der Waals surface area contributed by atoms with Gasteiger partial charge in [-0.25, -0.2) is 0 Å². The molecule has 2 nitrogen and oxygen atoms in total. The Morgan fingerprint density at radius 2 is 1.86 bits per heavy atom. The van der Waals surface area contributed by atoms with Crippen molar-refractivity contribution in [3.8, 4) is 0 Å². The summed E-state index contributed by atoms with van der Waals surface area (Å²) in [6.45, 7) is 5.40. The molecule has 0 spiro atoms. The molecule has 3 heteroatoms. The minimum atomic E-state index is 0.179. The molecular weight excluding hydrogens is 326 g/mol. The first-order chi connectivity index (χ1) is 10.3. The Hall–Kier alpha value is -1.06. The summed E-state index contributed by atoms with van der Waals surface area (Å²) >= 11 is 3.50. The molecule has 0 bridgehead atoms. The maximum Gasteiger partial charge on any atom is 0.174 e. The molecule has 1 atom stereocenters. The van der Waals surface area contributed by atoms with Gasteiger partial charge in [0.2, 0.25) is 0 Å². The van der Waals surface area contributed by atoms with Crippen LogP contribution in [0, 0.1) is 0 Å². The number of unbranched alkanes of at least 4 members (excludes halogenated alkanes) is 1. The summed E-state index contributed by atoms with van der Waals surface area (Å²) in [7, 11) is 0. The van der Waals surface area contributed by atoms with Crippen molar-refractivity contribution < 1.29 is 4.42 Å². The molecule has 114 valence electrons. The van der Waals surface area contributed by atoms with Gasteiger partial charge in [0.1, 0.15) is 0 Å². The maximum atomic E-state index is 5.40. The van der Waals surface area contributed by atoms with Crippen molar-refractivity contribution in [1.29, 1.82) is 0 Å². The van der Waals surface area contributed by atoms with Gasteiger partial charge in [-0.1, -0.05) is 44.5 Å². The monoisotopic (exact) mass is 349 g/mol. The molecule has 0 saturated carbocycles. The zero-order chi connectivity index (χ0) is 15.1. The first kappa shape index (κ1) is 16.3. The van der Waals surface area contributed by atoms with Crippen LogP contribution in [-0.4, -0.2) is 6.54 Å². The van der Waals surface area contributed by atoms with Gasteiger partial charge in [-0.15, -0.1) is 0 Å². The van der Waals surface area contributed by atoms with E-state index < -0.39 is 0 Å². The number of halogens is 1. The lowest BCUT2D eigenvalue weighted by molar-refractivity contribution is 0.523. The molecule has 0 amide bonds. The fraction of sp³-hybridized carbons (Fsp3) is 0.444. The number of furan rings is 1. The normalized spacial score (nSPS) is 12.5. The number of aryl methyl sites for hydroxylation is 1. The molecule has 0 aliphatic heterocycles. The molecular formula is C18H24BrNO.